The first-order valence-corrected chi connectivity index (χ1v) is 17.8. The smallest absolute Gasteiger partial charge is 0.410 e. The van der Waals surface area contributed by atoms with Gasteiger partial charge in [0.1, 0.15) is 5.60 Å². The Morgan fingerprint density at radius 3 is 2.24 bits per heavy atom. The lowest BCUT2D eigenvalue weighted by Gasteiger charge is -2.26. The van der Waals surface area contributed by atoms with Gasteiger partial charge in [-0.05, 0) is 102 Å². The number of hydrogen-bond donors (Lipinski definition) is 0. The highest BCUT2D eigenvalue weighted by atomic mass is 35.5. The Labute approximate surface area is 297 Å². The van der Waals surface area contributed by atoms with E-state index in [2.05, 4.69) is 19.8 Å². The SMILES string of the molecule is CCOC(=O)C1C2CCN(Cc3cc(Oc4cnc(N5CCCN(C(=O)OC(C)(C)C)CC5)nc4)nc(-c4cc(Cl)cc(Cl)c4)c3)CCC21. The summed E-state index contributed by atoms with van der Waals surface area (Å²) in [5, 5.41) is 1.04. The molecule has 2 saturated heterocycles. The molecule has 0 bridgehead atoms. The average Bonchev–Trinajstić information content (AvgIpc) is 3.81. The van der Waals surface area contributed by atoms with Crippen molar-refractivity contribution in [2.45, 2.75) is 59.1 Å². The van der Waals surface area contributed by atoms with E-state index in [1.54, 1.807) is 23.4 Å². The fraction of sp³-hybridized carbons (Fsp3) is 0.528. The molecule has 1 aliphatic carbocycles. The normalized spacial score (nSPS) is 21.3. The van der Waals surface area contributed by atoms with Crippen molar-refractivity contribution >= 4 is 41.2 Å². The number of pyridine rings is 1. The molecule has 2 aliphatic heterocycles. The first-order valence-electron chi connectivity index (χ1n) is 17.0. The molecule has 2 unspecified atom stereocenters. The maximum atomic E-state index is 12.6. The summed E-state index contributed by atoms with van der Waals surface area (Å²) in [5.74, 6) is 2.26. The molecule has 3 aromatic rings. The van der Waals surface area contributed by atoms with Crippen LogP contribution in [0.1, 0.15) is 52.5 Å². The van der Waals surface area contributed by atoms with Crippen LogP contribution in [0.15, 0.2) is 42.7 Å². The first kappa shape index (κ1) is 35.2. The maximum Gasteiger partial charge on any atom is 0.410 e. The fourth-order valence-corrected chi connectivity index (χ4v) is 7.36. The van der Waals surface area contributed by atoms with E-state index in [-0.39, 0.29) is 18.0 Å². The highest BCUT2D eigenvalue weighted by Gasteiger charge is 2.55. The highest BCUT2D eigenvalue weighted by Crippen LogP contribution is 2.53. The van der Waals surface area contributed by atoms with Gasteiger partial charge >= 0.3 is 12.1 Å². The zero-order valence-corrected chi connectivity index (χ0v) is 30.0. The number of carbonyl (C=O) groups is 2. The number of esters is 1. The van der Waals surface area contributed by atoms with E-state index < -0.39 is 5.60 Å². The van der Waals surface area contributed by atoms with Crippen molar-refractivity contribution in [2.24, 2.45) is 17.8 Å². The predicted octanol–water partition coefficient (Wildman–Crippen LogP) is 7.11. The van der Waals surface area contributed by atoms with Gasteiger partial charge in [-0.2, -0.15) is 0 Å². The van der Waals surface area contributed by atoms with Crippen molar-refractivity contribution in [2.75, 3.05) is 50.8 Å². The van der Waals surface area contributed by atoms with E-state index in [1.807, 2.05) is 52.0 Å². The number of hydrogen-bond acceptors (Lipinski definition) is 10. The van der Waals surface area contributed by atoms with Crippen LogP contribution in [-0.2, 0) is 20.8 Å². The maximum absolute atomic E-state index is 12.6. The molecule has 13 heteroatoms. The van der Waals surface area contributed by atoms with Gasteiger partial charge in [0.25, 0.3) is 0 Å². The lowest BCUT2D eigenvalue weighted by molar-refractivity contribution is -0.145. The monoisotopic (exact) mass is 710 g/mol. The van der Waals surface area contributed by atoms with Gasteiger partial charge in [0, 0.05) is 54.4 Å². The second-order valence-electron chi connectivity index (χ2n) is 13.9. The van der Waals surface area contributed by atoms with E-state index in [9.17, 15) is 9.59 Å². The summed E-state index contributed by atoms with van der Waals surface area (Å²) >= 11 is 12.7. The molecule has 0 N–H and O–H groups in total. The molecule has 3 fully saturated rings. The number of anilines is 1. The Kier molecular flexibility index (Phi) is 10.8. The number of halogens is 2. The van der Waals surface area contributed by atoms with Gasteiger partial charge in [0.15, 0.2) is 5.75 Å². The van der Waals surface area contributed by atoms with Crippen molar-refractivity contribution in [1.29, 1.82) is 0 Å². The number of aromatic nitrogens is 3. The minimum atomic E-state index is -0.540. The number of benzene rings is 1. The van der Waals surface area contributed by atoms with E-state index >= 15 is 0 Å². The van der Waals surface area contributed by atoms with Crippen LogP contribution in [0.2, 0.25) is 10.0 Å². The summed E-state index contributed by atoms with van der Waals surface area (Å²) in [6.45, 7) is 12.8. The van der Waals surface area contributed by atoms with Crippen LogP contribution in [0.3, 0.4) is 0 Å². The highest BCUT2D eigenvalue weighted by molar-refractivity contribution is 6.35. The van der Waals surface area contributed by atoms with Crippen LogP contribution in [0.5, 0.6) is 11.6 Å². The first-order chi connectivity index (χ1) is 23.5. The molecule has 2 atom stereocenters. The molecule has 2 aromatic heterocycles. The second-order valence-corrected chi connectivity index (χ2v) is 14.8. The molecular formula is C36H44Cl2N6O5. The predicted molar refractivity (Wildman–Crippen MR) is 188 cm³/mol. The van der Waals surface area contributed by atoms with Crippen molar-refractivity contribution in [3.8, 4) is 22.9 Å². The molecule has 1 saturated carbocycles. The molecule has 4 heterocycles. The molecule has 1 aromatic carbocycles. The third-order valence-corrected chi connectivity index (χ3v) is 9.58. The molecule has 49 heavy (non-hydrogen) atoms. The zero-order chi connectivity index (χ0) is 34.7. The van der Waals surface area contributed by atoms with Gasteiger partial charge in [0.05, 0.1) is 30.6 Å². The summed E-state index contributed by atoms with van der Waals surface area (Å²) in [7, 11) is 0. The number of amides is 1. The molecule has 3 aliphatic rings. The van der Waals surface area contributed by atoms with Gasteiger partial charge in [-0.1, -0.05) is 23.2 Å². The van der Waals surface area contributed by atoms with Gasteiger partial charge in [-0.3, -0.25) is 9.69 Å². The molecule has 0 spiro atoms. The third kappa shape index (κ3) is 9.12. The van der Waals surface area contributed by atoms with Crippen LogP contribution in [0.25, 0.3) is 11.3 Å². The number of ether oxygens (including phenoxy) is 3. The van der Waals surface area contributed by atoms with Crippen LogP contribution >= 0.6 is 23.2 Å². The van der Waals surface area contributed by atoms with Crippen LogP contribution in [0, 0.1) is 17.8 Å². The number of carbonyl (C=O) groups excluding carboxylic acids is 2. The van der Waals surface area contributed by atoms with Crippen molar-refractivity contribution in [3.05, 3.63) is 58.3 Å². The average molecular weight is 712 g/mol. The summed E-state index contributed by atoms with van der Waals surface area (Å²) < 4.78 is 17.1. The Morgan fingerprint density at radius 2 is 1.59 bits per heavy atom. The number of nitrogens with zero attached hydrogens (tertiary/aromatic N) is 6. The number of likely N-dealkylation sites (tertiary alicyclic amines) is 1. The Hall–Kier alpha value is -3.67. The Balaban J connectivity index is 1.14. The van der Waals surface area contributed by atoms with Crippen molar-refractivity contribution < 1.29 is 23.8 Å². The summed E-state index contributed by atoms with van der Waals surface area (Å²) in [5.41, 5.74) is 1.97. The summed E-state index contributed by atoms with van der Waals surface area (Å²) in [6.07, 6.45) is 5.70. The molecule has 6 rings (SSSR count). The fourth-order valence-electron chi connectivity index (χ4n) is 6.84. The molecule has 0 radical (unpaired) electrons. The van der Waals surface area contributed by atoms with Crippen molar-refractivity contribution in [3.63, 3.8) is 0 Å². The second kappa shape index (κ2) is 15.1. The minimum absolute atomic E-state index is 0.0417. The van der Waals surface area contributed by atoms with E-state index in [0.717, 1.165) is 50.0 Å². The lowest BCUT2D eigenvalue weighted by atomic mass is 10.1. The van der Waals surface area contributed by atoms with E-state index in [1.165, 1.54) is 0 Å². The van der Waals surface area contributed by atoms with Gasteiger partial charge < -0.3 is 24.0 Å². The topological polar surface area (TPSA) is 110 Å². The van der Waals surface area contributed by atoms with Crippen molar-refractivity contribution in [1.82, 2.24) is 24.8 Å². The number of rotatable bonds is 8. The van der Waals surface area contributed by atoms with Gasteiger partial charge in [0.2, 0.25) is 11.8 Å². The quantitative estimate of drug-likeness (QED) is 0.224. The van der Waals surface area contributed by atoms with Gasteiger partial charge in [-0.25, -0.2) is 19.7 Å². The minimum Gasteiger partial charge on any atom is -0.466 e. The largest absolute Gasteiger partial charge is 0.466 e. The Bertz CT molecular complexity index is 1620. The van der Waals surface area contributed by atoms with E-state index in [4.69, 9.17) is 42.4 Å². The molecule has 11 nitrogen and oxygen atoms in total. The summed E-state index contributed by atoms with van der Waals surface area (Å²) in [4.78, 5) is 45.2. The number of fused-ring (bicyclic) bond motifs is 1. The van der Waals surface area contributed by atoms with E-state index in [0.29, 0.717) is 77.9 Å². The Morgan fingerprint density at radius 1 is 0.898 bits per heavy atom. The van der Waals surface area contributed by atoms with Crippen LogP contribution in [-0.4, -0.2) is 88.3 Å². The molecule has 262 valence electrons. The van der Waals surface area contributed by atoms with Crippen LogP contribution in [0.4, 0.5) is 10.7 Å². The molecular weight excluding hydrogens is 667 g/mol. The standard InChI is InChI=1S/C36H44Cl2N6O5/c1-5-47-33(45)32-28-7-11-42(12-8-29(28)32)22-23-15-30(24-17-25(37)19-26(38)18-24)41-31(16-23)48-27-20-39-34(40-21-27)43-9-6-10-44(14-13-43)35(46)49-36(2,3)4/h15-21,28-29,32H,5-14,22H2,1-4H3. The lowest BCUT2D eigenvalue weighted by Crippen LogP contribution is -2.39. The third-order valence-electron chi connectivity index (χ3n) is 9.14. The molecule has 1 amide bonds. The summed E-state index contributed by atoms with van der Waals surface area (Å²) in [6, 6.07) is 9.35. The zero-order valence-electron chi connectivity index (χ0n) is 28.5. The van der Waals surface area contributed by atoms with Crippen LogP contribution < -0.4 is 9.64 Å². The van der Waals surface area contributed by atoms with Gasteiger partial charge in [-0.15, -0.1) is 0 Å².